The SMILES string of the molecule is COc1ccc(CN2C(=O)[C@@H](NC(=O)O)[C@@H]2Cn2nnc(C)n2)c(OC)c1. The van der Waals surface area contributed by atoms with Crippen molar-refractivity contribution in [2.75, 3.05) is 14.2 Å². The zero-order chi connectivity index (χ0) is 19.6. The van der Waals surface area contributed by atoms with Gasteiger partial charge in [0.05, 0.1) is 26.8 Å². The monoisotopic (exact) mass is 376 g/mol. The molecule has 11 nitrogen and oxygen atoms in total. The fourth-order valence-electron chi connectivity index (χ4n) is 3.03. The number of carbonyl (C=O) groups excluding carboxylic acids is 1. The zero-order valence-corrected chi connectivity index (χ0v) is 15.1. The van der Waals surface area contributed by atoms with Crippen molar-refractivity contribution in [2.45, 2.75) is 32.1 Å². The lowest BCUT2D eigenvalue weighted by atomic mass is 9.94. The van der Waals surface area contributed by atoms with Crippen LogP contribution in [0.3, 0.4) is 0 Å². The molecule has 1 fully saturated rings. The third-order valence-electron chi connectivity index (χ3n) is 4.35. The van der Waals surface area contributed by atoms with Crippen molar-refractivity contribution < 1.29 is 24.2 Å². The van der Waals surface area contributed by atoms with Gasteiger partial charge in [0.25, 0.3) is 0 Å². The van der Waals surface area contributed by atoms with E-state index in [1.54, 1.807) is 37.1 Å². The highest BCUT2D eigenvalue weighted by Crippen LogP contribution is 2.30. The second kappa shape index (κ2) is 7.48. The van der Waals surface area contributed by atoms with Gasteiger partial charge in [-0.05, 0) is 24.3 Å². The van der Waals surface area contributed by atoms with Crippen LogP contribution in [-0.4, -0.2) is 68.5 Å². The number of nitrogens with one attached hydrogen (secondary N) is 1. The number of carboxylic acid groups (broad SMARTS) is 1. The average molecular weight is 376 g/mol. The molecule has 0 aliphatic carbocycles. The predicted molar refractivity (Wildman–Crippen MR) is 91.4 cm³/mol. The number of likely N-dealkylation sites (tertiary alicyclic amines) is 1. The molecular weight excluding hydrogens is 356 g/mol. The Morgan fingerprint density at radius 2 is 2.11 bits per heavy atom. The van der Waals surface area contributed by atoms with E-state index in [1.165, 1.54) is 11.9 Å². The van der Waals surface area contributed by atoms with Crippen LogP contribution in [0.25, 0.3) is 0 Å². The quantitative estimate of drug-likeness (QED) is 0.648. The number of aromatic nitrogens is 4. The van der Waals surface area contributed by atoms with Gasteiger partial charge in [0, 0.05) is 18.2 Å². The van der Waals surface area contributed by atoms with Crippen molar-refractivity contribution in [3.63, 3.8) is 0 Å². The third-order valence-corrected chi connectivity index (χ3v) is 4.35. The molecule has 0 bridgehead atoms. The van der Waals surface area contributed by atoms with E-state index in [0.29, 0.717) is 17.3 Å². The number of ether oxygens (including phenoxy) is 2. The van der Waals surface area contributed by atoms with Crippen molar-refractivity contribution in [3.8, 4) is 11.5 Å². The van der Waals surface area contributed by atoms with E-state index in [-0.39, 0.29) is 19.0 Å². The minimum Gasteiger partial charge on any atom is -0.497 e. The second-order valence-corrected chi connectivity index (χ2v) is 6.03. The Morgan fingerprint density at radius 1 is 1.33 bits per heavy atom. The van der Waals surface area contributed by atoms with E-state index in [4.69, 9.17) is 14.6 Å². The number of benzene rings is 1. The number of β-lactam (4-membered cyclic amide) rings is 1. The lowest BCUT2D eigenvalue weighted by molar-refractivity contribution is -0.153. The van der Waals surface area contributed by atoms with Gasteiger partial charge in [-0.25, -0.2) is 4.79 Å². The maximum absolute atomic E-state index is 12.5. The predicted octanol–water partition coefficient (Wildman–Crippen LogP) is 0.0459. The molecule has 1 aliphatic rings. The number of methoxy groups -OCH3 is 2. The van der Waals surface area contributed by atoms with Crippen LogP contribution in [-0.2, 0) is 17.9 Å². The highest BCUT2D eigenvalue weighted by atomic mass is 16.5. The smallest absolute Gasteiger partial charge is 0.405 e. The van der Waals surface area contributed by atoms with E-state index in [9.17, 15) is 9.59 Å². The van der Waals surface area contributed by atoms with Crippen molar-refractivity contribution in [1.82, 2.24) is 30.4 Å². The fraction of sp³-hybridized carbons (Fsp3) is 0.438. The van der Waals surface area contributed by atoms with Crippen LogP contribution < -0.4 is 14.8 Å². The maximum atomic E-state index is 12.5. The normalized spacial score (nSPS) is 18.8. The Bertz CT molecular complexity index is 854. The van der Waals surface area contributed by atoms with Gasteiger partial charge in [0.2, 0.25) is 5.91 Å². The molecule has 2 amide bonds. The molecule has 2 heterocycles. The summed E-state index contributed by atoms with van der Waals surface area (Å²) >= 11 is 0. The van der Waals surface area contributed by atoms with Crippen LogP contribution in [0, 0.1) is 6.92 Å². The zero-order valence-electron chi connectivity index (χ0n) is 15.1. The summed E-state index contributed by atoms with van der Waals surface area (Å²) in [5.41, 5.74) is 0.771. The van der Waals surface area contributed by atoms with Crippen LogP contribution in [0.1, 0.15) is 11.4 Å². The van der Waals surface area contributed by atoms with E-state index in [1.807, 2.05) is 0 Å². The van der Waals surface area contributed by atoms with Gasteiger partial charge in [-0.15, -0.1) is 10.2 Å². The summed E-state index contributed by atoms with van der Waals surface area (Å²) in [6.07, 6.45) is -1.26. The molecule has 0 unspecified atom stereocenters. The van der Waals surface area contributed by atoms with Gasteiger partial charge in [-0.2, -0.15) is 4.80 Å². The molecule has 144 valence electrons. The number of tetrazole rings is 1. The molecule has 11 heteroatoms. The number of hydrogen-bond donors (Lipinski definition) is 2. The molecule has 1 aromatic carbocycles. The van der Waals surface area contributed by atoms with E-state index in [2.05, 4.69) is 20.7 Å². The van der Waals surface area contributed by atoms with Crippen LogP contribution in [0.5, 0.6) is 11.5 Å². The minimum absolute atomic E-state index is 0.218. The van der Waals surface area contributed by atoms with Gasteiger partial charge in [-0.3, -0.25) is 4.79 Å². The standard InChI is InChI=1S/C16H20N6O5/c1-9-18-20-22(19-9)8-12-14(17-16(24)25)15(23)21(12)7-10-4-5-11(26-2)6-13(10)27-3/h4-6,12,14,17H,7-8H2,1-3H3,(H,24,25)/t12-,14-/m0/s1. The van der Waals surface area contributed by atoms with Crippen LogP contribution in [0.15, 0.2) is 18.2 Å². The summed E-state index contributed by atoms with van der Waals surface area (Å²) in [6.45, 7) is 2.17. The number of hydrogen-bond acceptors (Lipinski definition) is 7. The topological polar surface area (TPSA) is 132 Å². The Balaban J connectivity index is 1.81. The summed E-state index contributed by atoms with van der Waals surface area (Å²) < 4.78 is 10.6. The highest BCUT2D eigenvalue weighted by molar-refractivity contribution is 5.92. The number of amides is 2. The average Bonchev–Trinajstić information content (AvgIpc) is 3.07. The van der Waals surface area contributed by atoms with Gasteiger partial charge < -0.3 is 24.8 Å². The molecule has 2 atom stereocenters. The largest absolute Gasteiger partial charge is 0.497 e. The first-order valence-electron chi connectivity index (χ1n) is 8.18. The highest BCUT2D eigenvalue weighted by Gasteiger charge is 2.48. The Kier molecular flexibility index (Phi) is 5.10. The van der Waals surface area contributed by atoms with Gasteiger partial charge in [-0.1, -0.05) is 0 Å². The second-order valence-electron chi connectivity index (χ2n) is 6.03. The van der Waals surface area contributed by atoms with Crippen LogP contribution in [0.2, 0.25) is 0 Å². The molecule has 2 N–H and O–H groups in total. The molecule has 0 saturated carbocycles. The number of aryl methyl sites for hydroxylation is 1. The molecular formula is C16H20N6O5. The molecule has 0 spiro atoms. The van der Waals surface area contributed by atoms with E-state index in [0.717, 1.165) is 5.56 Å². The first-order chi connectivity index (χ1) is 12.9. The third kappa shape index (κ3) is 3.76. The van der Waals surface area contributed by atoms with Crippen LogP contribution >= 0.6 is 0 Å². The lowest BCUT2D eigenvalue weighted by Gasteiger charge is -2.46. The molecule has 1 aromatic heterocycles. The summed E-state index contributed by atoms with van der Waals surface area (Å²) in [4.78, 5) is 26.4. The lowest BCUT2D eigenvalue weighted by Crippen LogP contribution is -2.71. The van der Waals surface area contributed by atoms with E-state index >= 15 is 0 Å². The first kappa shape index (κ1) is 18.4. The molecule has 2 aromatic rings. The number of rotatable bonds is 7. The molecule has 0 radical (unpaired) electrons. The van der Waals surface area contributed by atoms with Gasteiger partial charge in [0.15, 0.2) is 5.82 Å². The molecule has 1 aliphatic heterocycles. The van der Waals surface area contributed by atoms with Gasteiger partial charge in [0.1, 0.15) is 17.5 Å². The molecule has 1 saturated heterocycles. The van der Waals surface area contributed by atoms with E-state index < -0.39 is 18.2 Å². The summed E-state index contributed by atoms with van der Waals surface area (Å²) in [5.74, 6) is 1.38. The molecule has 27 heavy (non-hydrogen) atoms. The van der Waals surface area contributed by atoms with Crippen molar-refractivity contribution in [1.29, 1.82) is 0 Å². The fourth-order valence-corrected chi connectivity index (χ4v) is 3.03. The van der Waals surface area contributed by atoms with Crippen molar-refractivity contribution >= 4 is 12.0 Å². The van der Waals surface area contributed by atoms with Crippen molar-refractivity contribution in [2.24, 2.45) is 0 Å². The Hall–Kier alpha value is -3.37. The van der Waals surface area contributed by atoms with Gasteiger partial charge >= 0.3 is 6.09 Å². The molecule has 3 rings (SSSR count). The Labute approximate surface area is 154 Å². The van der Waals surface area contributed by atoms with Crippen LogP contribution in [0.4, 0.5) is 4.79 Å². The summed E-state index contributed by atoms with van der Waals surface area (Å²) in [5, 5.41) is 23.1. The number of carbonyl (C=O) groups is 2. The summed E-state index contributed by atoms with van der Waals surface area (Å²) in [6, 6.07) is 3.99. The van der Waals surface area contributed by atoms with Crippen molar-refractivity contribution in [3.05, 3.63) is 29.6 Å². The number of nitrogens with zero attached hydrogens (tertiary/aromatic N) is 5. The summed E-state index contributed by atoms with van der Waals surface area (Å²) in [7, 11) is 3.09. The minimum atomic E-state index is -1.26. The first-order valence-corrected chi connectivity index (χ1v) is 8.18. The maximum Gasteiger partial charge on any atom is 0.405 e. The Morgan fingerprint density at radius 3 is 2.70 bits per heavy atom.